The van der Waals surface area contributed by atoms with E-state index in [-0.39, 0.29) is 11.3 Å². The third kappa shape index (κ3) is 3.46. The van der Waals surface area contributed by atoms with Crippen LogP contribution >= 0.6 is 0 Å². The number of aryl methyl sites for hydroxylation is 1. The number of anilines is 1. The van der Waals surface area contributed by atoms with Gasteiger partial charge in [0.2, 0.25) is 0 Å². The Hall–Kier alpha value is -2.96. The minimum absolute atomic E-state index is 0.103. The summed E-state index contributed by atoms with van der Waals surface area (Å²) in [5.41, 5.74) is 5.87. The number of rotatable bonds is 4. The molecule has 1 aromatic heterocycles. The van der Waals surface area contributed by atoms with E-state index >= 15 is 0 Å². The number of fused-ring (bicyclic) bond motifs is 2. The van der Waals surface area contributed by atoms with Gasteiger partial charge < -0.3 is 18.9 Å². The van der Waals surface area contributed by atoms with Crippen molar-refractivity contribution in [3.63, 3.8) is 0 Å². The molecule has 5 rings (SSSR count). The summed E-state index contributed by atoms with van der Waals surface area (Å²) in [4.78, 5) is 15.2. The molecule has 6 heteroatoms. The van der Waals surface area contributed by atoms with Gasteiger partial charge in [0.15, 0.2) is 5.69 Å². The first-order valence-electron chi connectivity index (χ1n) is 10.7. The number of hydrogen-bond donors (Lipinski definition) is 0. The SMILES string of the molecule is COCc1ccccc1-c1ccc2c(c1)C1(CCOCC1)CN2C(=O)c1cc(C)on1. The fourth-order valence-electron chi connectivity index (χ4n) is 4.90. The standard InChI is InChI=1S/C25H26N2O4/c1-17-13-22(26-31-17)24(28)27-16-25(9-11-30-12-10-25)21-14-18(7-8-23(21)27)20-6-4-3-5-19(20)15-29-2/h3-8,13-14H,9-12,15-16H2,1-2H3. The van der Waals surface area contributed by atoms with E-state index in [0.717, 1.165) is 35.2 Å². The lowest BCUT2D eigenvalue weighted by Gasteiger charge is -2.34. The first kappa shape index (κ1) is 20.0. The summed E-state index contributed by atoms with van der Waals surface area (Å²) in [7, 11) is 1.71. The highest BCUT2D eigenvalue weighted by atomic mass is 16.5. The van der Waals surface area contributed by atoms with E-state index in [1.54, 1.807) is 20.1 Å². The number of methoxy groups -OCH3 is 1. The smallest absolute Gasteiger partial charge is 0.280 e. The molecule has 160 valence electrons. The molecule has 2 aliphatic heterocycles. The Morgan fingerprint density at radius 2 is 1.97 bits per heavy atom. The van der Waals surface area contributed by atoms with Gasteiger partial charge in [0.05, 0.1) is 6.61 Å². The molecule has 0 atom stereocenters. The van der Waals surface area contributed by atoms with Crippen LogP contribution in [0.3, 0.4) is 0 Å². The van der Waals surface area contributed by atoms with Gasteiger partial charge in [0, 0.05) is 44.0 Å². The lowest BCUT2D eigenvalue weighted by atomic mass is 9.75. The highest BCUT2D eigenvalue weighted by Crippen LogP contribution is 2.48. The lowest BCUT2D eigenvalue weighted by Crippen LogP contribution is -2.40. The molecular weight excluding hydrogens is 392 g/mol. The molecule has 0 bridgehead atoms. The van der Waals surface area contributed by atoms with Crippen molar-refractivity contribution < 1.29 is 18.8 Å². The number of amides is 1. The molecule has 1 amide bonds. The topological polar surface area (TPSA) is 64.8 Å². The Morgan fingerprint density at radius 3 is 2.71 bits per heavy atom. The van der Waals surface area contributed by atoms with Crippen molar-refractivity contribution >= 4 is 11.6 Å². The first-order chi connectivity index (χ1) is 15.1. The third-order valence-corrected chi connectivity index (χ3v) is 6.49. The van der Waals surface area contributed by atoms with E-state index in [9.17, 15) is 4.79 Å². The predicted molar refractivity (Wildman–Crippen MR) is 117 cm³/mol. The monoisotopic (exact) mass is 418 g/mol. The molecule has 2 aromatic carbocycles. The minimum Gasteiger partial charge on any atom is -0.381 e. The zero-order valence-corrected chi connectivity index (χ0v) is 17.9. The van der Waals surface area contributed by atoms with Crippen molar-refractivity contribution in [2.24, 2.45) is 0 Å². The average Bonchev–Trinajstić information content (AvgIpc) is 3.36. The fourth-order valence-corrected chi connectivity index (χ4v) is 4.90. The van der Waals surface area contributed by atoms with E-state index < -0.39 is 0 Å². The van der Waals surface area contributed by atoms with Crippen LogP contribution in [0.2, 0.25) is 0 Å². The molecule has 1 fully saturated rings. The molecule has 2 aliphatic rings. The van der Waals surface area contributed by atoms with Crippen LogP contribution in [0.1, 0.15) is 40.2 Å². The molecule has 1 saturated heterocycles. The summed E-state index contributed by atoms with van der Waals surface area (Å²) in [6, 6.07) is 16.4. The minimum atomic E-state index is -0.117. The Balaban J connectivity index is 1.60. The number of hydrogen-bond acceptors (Lipinski definition) is 5. The highest BCUT2D eigenvalue weighted by molar-refractivity contribution is 6.06. The van der Waals surface area contributed by atoms with Crippen LogP contribution < -0.4 is 4.90 Å². The summed E-state index contributed by atoms with van der Waals surface area (Å²) in [6.07, 6.45) is 1.79. The third-order valence-electron chi connectivity index (χ3n) is 6.49. The van der Waals surface area contributed by atoms with Crippen LogP contribution in [0.15, 0.2) is 53.1 Å². The Bertz CT molecular complexity index is 1110. The number of nitrogens with zero attached hydrogens (tertiary/aromatic N) is 2. The molecule has 0 radical (unpaired) electrons. The zero-order chi connectivity index (χ0) is 21.4. The van der Waals surface area contributed by atoms with E-state index in [1.165, 1.54) is 5.56 Å². The van der Waals surface area contributed by atoms with E-state index in [1.807, 2.05) is 11.0 Å². The van der Waals surface area contributed by atoms with Crippen molar-refractivity contribution in [2.45, 2.75) is 31.8 Å². The maximum Gasteiger partial charge on any atom is 0.280 e. The van der Waals surface area contributed by atoms with Crippen molar-refractivity contribution in [1.82, 2.24) is 5.16 Å². The number of ether oxygens (including phenoxy) is 2. The largest absolute Gasteiger partial charge is 0.381 e. The second-order valence-electron chi connectivity index (χ2n) is 8.43. The molecule has 0 aliphatic carbocycles. The second-order valence-corrected chi connectivity index (χ2v) is 8.43. The van der Waals surface area contributed by atoms with E-state index in [2.05, 4.69) is 41.6 Å². The quantitative estimate of drug-likeness (QED) is 0.624. The molecule has 31 heavy (non-hydrogen) atoms. The highest BCUT2D eigenvalue weighted by Gasteiger charge is 2.46. The van der Waals surface area contributed by atoms with Crippen LogP contribution in [-0.2, 0) is 21.5 Å². The van der Waals surface area contributed by atoms with Gasteiger partial charge in [-0.3, -0.25) is 4.79 Å². The van der Waals surface area contributed by atoms with Crippen LogP contribution in [0.25, 0.3) is 11.1 Å². The number of carbonyl (C=O) groups is 1. The first-order valence-corrected chi connectivity index (χ1v) is 10.7. The van der Waals surface area contributed by atoms with Crippen molar-refractivity contribution in [3.05, 3.63) is 71.1 Å². The van der Waals surface area contributed by atoms with Crippen molar-refractivity contribution in [1.29, 1.82) is 0 Å². The number of carbonyl (C=O) groups excluding carboxylic acids is 1. The average molecular weight is 418 g/mol. The van der Waals surface area contributed by atoms with Crippen molar-refractivity contribution in [3.8, 4) is 11.1 Å². The maximum atomic E-state index is 13.3. The molecular formula is C25H26N2O4. The molecule has 0 N–H and O–H groups in total. The molecule has 1 spiro atoms. The molecule has 0 saturated carbocycles. The van der Waals surface area contributed by atoms with Crippen LogP contribution in [-0.4, -0.2) is 37.9 Å². The van der Waals surface area contributed by atoms with Gasteiger partial charge in [0.25, 0.3) is 5.91 Å². The normalized spacial score (nSPS) is 17.2. The Kier molecular flexibility index (Phi) is 5.12. The zero-order valence-electron chi connectivity index (χ0n) is 17.9. The molecule has 3 heterocycles. The van der Waals surface area contributed by atoms with E-state index in [0.29, 0.717) is 37.8 Å². The number of aromatic nitrogens is 1. The Labute approximate surface area is 181 Å². The Morgan fingerprint density at radius 1 is 1.16 bits per heavy atom. The van der Waals surface area contributed by atoms with Crippen LogP contribution in [0, 0.1) is 6.92 Å². The summed E-state index contributed by atoms with van der Waals surface area (Å²) in [6.45, 7) is 4.40. The summed E-state index contributed by atoms with van der Waals surface area (Å²) in [5.74, 6) is 0.516. The maximum absolute atomic E-state index is 13.3. The molecule has 3 aromatic rings. The predicted octanol–water partition coefficient (Wildman–Crippen LogP) is 4.51. The summed E-state index contributed by atoms with van der Waals surface area (Å²) >= 11 is 0. The van der Waals surface area contributed by atoms with E-state index in [4.69, 9.17) is 14.0 Å². The second kappa shape index (κ2) is 7.94. The van der Waals surface area contributed by atoms with Gasteiger partial charge in [-0.25, -0.2) is 0 Å². The summed E-state index contributed by atoms with van der Waals surface area (Å²) in [5, 5.41) is 3.96. The van der Waals surface area contributed by atoms with Gasteiger partial charge in [-0.1, -0.05) is 35.5 Å². The van der Waals surface area contributed by atoms with Gasteiger partial charge in [-0.15, -0.1) is 0 Å². The van der Waals surface area contributed by atoms with Crippen LogP contribution in [0.5, 0.6) is 0 Å². The van der Waals surface area contributed by atoms with Gasteiger partial charge in [-0.05, 0) is 54.2 Å². The molecule has 0 unspecified atom stereocenters. The lowest BCUT2D eigenvalue weighted by molar-refractivity contribution is 0.0546. The van der Waals surface area contributed by atoms with Gasteiger partial charge in [-0.2, -0.15) is 0 Å². The van der Waals surface area contributed by atoms with Gasteiger partial charge in [0.1, 0.15) is 5.76 Å². The fraction of sp³-hybridized carbons (Fsp3) is 0.360. The van der Waals surface area contributed by atoms with Crippen LogP contribution in [0.4, 0.5) is 5.69 Å². The summed E-state index contributed by atoms with van der Waals surface area (Å²) < 4.78 is 16.2. The molecule has 6 nitrogen and oxygen atoms in total. The van der Waals surface area contributed by atoms with Gasteiger partial charge >= 0.3 is 0 Å². The van der Waals surface area contributed by atoms with Crippen molar-refractivity contribution in [2.75, 3.05) is 31.8 Å². The number of benzene rings is 2.